The van der Waals surface area contributed by atoms with E-state index < -0.39 is 0 Å². The predicted molar refractivity (Wildman–Crippen MR) is 93.7 cm³/mol. The van der Waals surface area contributed by atoms with Crippen LogP contribution in [0.2, 0.25) is 0 Å². The largest absolute Gasteiger partial charge is 0.349 e. The van der Waals surface area contributed by atoms with Gasteiger partial charge in [0.25, 0.3) is 0 Å². The maximum Gasteiger partial charge on any atom is 0.326 e. The first-order valence-electron chi connectivity index (χ1n) is 9.00. The van der Waals surface area contributed by atoms with E-state index in [0.29, 0.717) is 18.4 Å². The van der Waals surface area contributed by atoms with Gasteiger partial charge in [-0.05, 0) is 42.4 Å². The quantitative estimate of drug-likeness (QED) is 0.818. The van der Waals surface area contributed by atoms with Crippen molar-refractivity contribution in [2.75, 3.05) is 20.1 Å². The Hall–Kier alpha value is -2.44. The first-order valence-corrected chi connectivity index (χ1v) is 9.00. The van der Waals surface area contributed by atoms with Gasteiger partial charge >= 0.3 is 6.03 Å². The number of nitrogens with zero attached hydrogens (tertiary/aromatic N) is 2. The zero-order valence-corrected chi connectivity index (χ0v) is 15.1. The first-order chi connectivity index (χ1) is 12.4. The maximum atomic E-state index is 14.0. The molecule has 0 spiro atoms. The number of hydrogen-bond donors (Lipinski definition) is 1. The molecule has 4 amide bonds. The van der Waals surface area contributed by atoms with Crippen molar-refractivity contribution >= 4 is 17.8 Å². The lowest BCUT2D eigenvalue weighted by atomic mass is 9.80. The second-order valence-electron chi connectivity index (χ2n) is 7.16. The summed E-state index contributed by atoms with van der Waals surface area (Å²) >= 11 is 0. The molecule has 1 aromatic carbocycles. The Kier molecular flexibility index (Phi) is 5.25. The zero-order chi connectivity index (χ0) is 18.8. The molecule has 1 N–H and O–H groups in total. The van der Waals surface area contributed by atoms with Crippen molar-refractivity contribution in [2.24, 2.45) is 5.92 Å². The van der Waals surface area contributed by atoms with Gasteiger partial charge in [-0.25, -0.2) is 9.18 Å². The van der Waals surface area contributed by atoms with E-state index in [1.807, 2.05) is 6.07 Å². The van der Waals surface area contributed by atoms with E-state index in [1.54, 1.807) is 13.1 Å². The van der Waals surface area contributed by atoms with Crippen molar-refractivity contribution in [1.29, 1.82) is 0 Å². The monoisotopic (exact) mass is 361 g/mol. The molecule has 140 valence electrons. The van der Waals surface area contributed by atoms with Crippen molar-refractivity contribution < 1.29 is 18.8 Å². The topological polar surface area (TPSA) is 69.7 Å². The van der Waals surface area contributed by atoms with Crippen LogP contribution in [-0.4, -0.2) is 47.8 Å². The average Bonchev–Trinajstić information content (AvgIpc) is 2.84. The Labute approximate surface area is 152 Å². The van der Waals surface area contributed by atoms with E-state index in [-0.39, 0.29) is 55.1 Å². The molecular weight excluding hydrogens is 337 g/mol. The van der Waals surface area contributed by atoms with Gasteiger partial charge in [0, 0.05) is 20.0 Å². The number of nitrogens with one attached hydrogen (secondary N) is 1. The molecular formula is C19H24FN3O3. The molecule has 1 aliphatic heterocycles. The van der Waals surface area contributed by atoms with Gasteiger partial charge in [-0.2, -0.15) is 0 Å². The van der Waals surface area contributed by atoms with Crippen molar-refractivity contribution in [3.05, 3.63) is 35.1 Å². The molecule has 26 heavy (non-hydrogen) atoms. The highest BCUT2D eigenvalue weighted by Crippen LogP contribution is 2.35. The molecule has 2 unspecified atom stereocenters. The fraction of sp³-hybridized carbons (Fsp3) is 0.526. The molecule has 0 saturated carbocycles. The summed E-state index contributed by atoms with van der Waals surface area (Å²) in [5, 5.41) is 3.00. The zero-order valence-electron chi connectivity index (χ0n) is 15.1. The molecule has 0 aromatic heterocycles. The predicted octanol–water partition coefficient (Wildman–Crippen LogP) is 2.24. The van der Waals surface area contributed by atoms with Crippen molar-refractivity contribution in [3.8, 4) is 0 Å². The van der Waals surface area contributed by atoms with Gasteiger partial charge in [-0.3, -0.25) is 14.5 Å². The van der Waals surface area contributed by atoms with Gasteiger partial charge in [0.05, 0.1) is 6.04 Å². The number of fused-ring (bicyclic) bond motifs is 1. The van der Waals surface area contributed by atoms with Crippen LogP contribution in [0.15, 0.2) is 18.2 Å². The highest BCUT2D eigenvalue weighted by atomic mass is 19.1. The summed E-state index contributed by atoms with van der Waals surface area (Å²) in [6.07, 6.45) is 2.13. The number of benzene rings is 1. The highest BCUT2D eigenvalue weighted by Gasteiger charge is 2.33. The minimum atomic E-state index is -0.319. The molecule has 7 heteroatoms. The third-order valence-electron chi connectivity index (χ3n) is 5.24. The lowest BCUT2D eigenvalue weighted by Gasteiger charge is -2.32. The molecule has 0 bridgehead atoms. The van der Waals surface area contributed by atoms with Gasteiger partial charge in [-0.15, -0.1) is 0 Å². The molecule has 6 nitrogen and oxygen atoms in total. The van der Waals surface area contributed by atoms with Crippen LogP contribution in [0.5, 0.6) is 0 Å². The summed E-state index contributed by atoms with van der Waals surface area (Å²) in [6.45, 7) is 2.38. The normalized spacial score (nSPS) is 22.6. The number of rotatable bonds is 5. The molecule has 1 aromatic rings. The first kappa shape index (κ1) is 18.4. The lowest BCUT2D eigenvalue weighted by molar-refractivity contribution is -0.126. The van der Waals surface area contributed by atoms with Crippen LogP contribution in [0, 0.1) is 11.7 Å². The van der Waals surface area contributed by atoms with Gasteiger partial charge in [0.15, 0.2) is 0 Å². The van der Waals surface area contributed by atoms with Gasteiger partial charge in [0.2, 0.25) is 11.8 Å². The smallest absolute Gasteiger partial charge is 0.326 e. The van der Waals surface area contributed by atoms with E-state index >= 15 is 0 Å². The number of halogens is 1. The second-order valence-corrected chi connectivity index (χ2v) is 7.16. The Morgan fingerprint density at radius 1 is 1.35 bits per heavy atom. The molecule has 1 fully saturated rings. The Morgan fingerprint density at radius 3 is 2.81 bits per heavy atom. The molecule has 3 rings (SSSR count). The van der Waals surface area contributed by atoms with Crippen LogP contribution >= 0.6 is 0 Å². The Balaban J connectivity index is 1.56. The van der Waals surface area contributed by atoms with Crippen molar-refractivity contribution in [1.82, 2.24) is 15.1 Å². The minimum absolute atomic E-state index is 0.0902. The van der Waals surface area contributed by atoms with Crippen LogP contribution < -0.4 is 5.32 Å². The number of carbonyl (C=O) groups is 3. The summed E-state index contributed by atoms with van der Waals surface area (Å²) < 4.78 is 14.0. The summed E-state index contributed by atoms with van der Waals surface area (Å²) in [4.78, 5) is 38.4. The molecule has 2 aliphatic rings. The minimum Gasteiger partial charge on any atom is -0.349 e. The fourth-order valence-electron chi connectivity index (χ4n) is 3.73. The van der Waals surface area contributed by atoms with E-state index in [4.69, 9.17) is 0 Å². The van der Waals surface area contributed by atoms with E-state index in [0.717, 1.165) is 12.0 Å². The number of carbonyl (C=O) groups excluding carboxylic acids is 3. The van der Waals surface area contributed by atoms with E-state index in [9.17, 15) is 18.8 Å². The molecule has 2 atom stereocenters. The third kappa shape index (κ3) is 3.57. The number of likely N-dealkylation sites (N-methyl/N-ethyl adjacent to an activating group) is 1. The second kappa shape index (κ2) is 7.43. The van der Waals surface area contributed by atoms with Gasteiger partial charge in [0.1, 0.15) is 12.4 Å². The number of imide groups is 1. The lowest BCUT2D eigenvalue weighted by Crippen LogP contribution is -2.37. The van der Waals surface area contributed by atoms with Crippen LogP contribution in [0.4, 0.5) is 9.18 Å². The van der Waals surface area contributed by atoms with E-state index in [1.165, 1.54) is 15.9 Å². The van der Waals surface area contributed by atoms with Crippen LogP contribution in [-0.2, 0) is 16.0 Å². The van der Waals surface area contributed by atoms with Gasteiger partial charge in [-0.1, -0.05) is 19.1 Å². The number of hydrogen-bond acceptors (Lipinski definition) is 3. The molecule has 0 radical (unpaired) electrons. The summed E-state index contributed by atoms with van der Waals surface area (Å²) in [6, 6.07) is 4.47. The maximum absolute atomic E-state index is 14.0. The highest BCUT2D eigenvalue weighted by molar-refractivity contribution is 6.01. The molecule has 1 aliphatic carbocycles. The number of urea groups is 1. The number of amides is 4. The van der Waals surface area contributed by atoms with Crippen LogP contribution in [0.25, 0.3) is 0 Å². The SMILES string of the molecule is CC1CCc2c(F)cccc2C1NC(=O)CCCN1C(=O)CN(C)C1=O. The Bertz CT molecular complexity index is 737. The fourth-order valence-corrected chi connectivity index (χ4v) is 3.73. The molecule has 1 heterocycles. The van der Waals surface area contributed by atoms with E-state index in [2.05, 4.69) is 12.2 Å². The summed E-state index contributed by atoms with van der Waals surface area (Å²) in [7, 11) is 1.58. The van der Waals surface area contributed by atoms with Crippen molar-refractivity contribution in [2.45, 2.75) is 38.6 Å². The van der Waals surface area contributed by atoms with Crippen LogP contribution in [0.1, 0.15) is 43.4 Å². The van der Waals surface area contributed by atoms with Gasteiger partial charge < -0.3 is 10.2 Å². The third-order valence-corrected chi connectivity index (χ3v) is 5.24. The summed E-state index contributed by atoms with van der Waals surface area (Å²) in [5.74, 6) is -0.373. The Morgan fingerprint density at radius 2 is 2.12 bits per heavy atom. The van der Waals surface area contributed by atoms with Crippen molar-refractivity contribution in [3.63, 3.8) is 0 Å². The standard InChI is InChI=1S/C19H24FN3O3/c1-12-8-9-13-14(5-3-6-15(13)20)18(12)21-16(24)7-4-10-23-17(25)11-22(2)19(23)26/h3,5-6,12,18H,4,7-11H2,1-2H3,(H,21,24). The average molecular weight is 361 g/mol. The summed E-state index contributed by atoms with van der Waals surface area (Å²) in [5.41, 5.74) is 1.54. The molecule has 1 saturated heterocycles. The van der Waals surface area contributed by atoms with Crippen LogP contribution in [0.3, 0.4) is 0 Å².